The van der Waals surface area contributed by atoms with Gasteiger partial charge in [-0.15, -0.1) is 0 Å². The molecule has 35 heavy (non-hydrogen) atoms. The number of para-hydroxylation sites is 2. The van der Waals surface area contributed by atoms with E-state index in [9.17, 15) is 9.59 Å². The number of nitrogens with zero attached hydrogens (tertiary/aromatic N) is 3. The molecule has 180 valence electrons. The Morgan fingerprint density at radius 2 is 1.77 bits per heavy atom. The van der Waals surface area contributed by atoms with Crippen molar-refractivity contribution in [2.24, 2.45) is 5.92 Å². The maximum atomic E-state index is 13.6. The first-order valence-electron chi connectivity index (χ1n) is 12.1. The topological polar surface area (TPSA) is 80.4 Å². The number of furan rings is 1. The summed E-state index contributed by atoms with van der Waals surface area (Å²) in [7, 11) is 0. The van der Waals surface area contributed by atoms with Crippen LogP contribution in [0, 0.1) is 19.8 Å². The Balaban J connectivity index is 1.33. The van der Waals surface area contributed by atoms with Crippen LogP contribution in [0.3, 0.4) is 0 Å². The van der Waals surface area contributed by atoms with Crippen molar-refractivity contribution in [3.8, 4) is 0 Å². The minimum absolute atomic E-state index is 0.0296. The van der Waals surface area contributed by atoms with E-state index in [2.05, 4.69) is 36.5 Å². The molecule has 2 aromatic carbocycles. The molecule has 3 heterocycles. The Bertz CT molecular complexity index is 1400. The van der Waals surface area contributed by atoms with Crippen molar-refractivity contribution < 1.29 is 9.21 Å². The molecule has 1 saturated heterocycles. The first-order chi connectivity index (χ1) is 17.0. The molecule has 0 unspecified atom stereocenters. The second kappa shape index (κ2) is 9.78. The SMILES string of the molecule is Cc1ccc(Cn2c(=O)c(N3CCC(C(=O)NCc4ccc(C)o4)CC3)nc3ccccc32)cc1. The number of benzene rings is 2. The lowest BCUT2D eigenvalue weighted by Crippen LogP contribution is -2.43. The van der Waals surface area contributed by atoms with E-state index in [1.54, 1.807) is 0 Å². The van der Waals surface area contributed by atoms with Gasteiger partial charge in [0.05, 0.1) is 24.1 Å². The van der Waals surface area contributed by atoms with Crippen LogP contribution in [0.25, 0.3) is 11.0 Å². The van der Waals surface area contributed by atoms with E-state index in [1.807, 2.05) is 52.8 Å². The fourth-order valence-corrected chi connectivity index (χ4v) is 4.67. The standard InChI is InChI=1S/C28H30N4O3/c1-19-7-10-21(11-8-19)18-32-25-6-4-3-5-24(25)30-26(28(32)34)31-15-13-22(14-16-31)27(33)29-17-23-12-9-20(2)35-23/h3-12,22H,13-18H2,1-2H3,(H,29,33). The summed E-state index contributed by atoms with van der Waals surface area (Å²) in [5.41, 5.74) is 3.78. The van der Waals surface area contributed by atoms with E-state index in [0.29, 0.717) is 44.8 Å². The predicted molar refractivity (Wildman–Crippen MR) is 137 cm³/mol. The first-order valence-corrected chi connectivity index (χ1v) is 12.1. The van der Waals surface area contributed by atoms with E-state index >= 15 is 0 Å². The van der Waals surface area contributed by atoms with Crippen LogP contribution in [0.15, 0.2) is 69.9 Å². The number of aryl methyl sites for hydroxylation is 2. The number of aromatic nitrogens is 2. The van der Waals surface area contributed by atoms with Gasteiger partial charge < -0.3 is 14.6 Å². The Morgan fingerprint density at radius 3 is 2.49 bits per heavy atom. The van der Waals surface area contributed by atoms with E-state index < -0.39 is 0 Å². The number of piperidine rings is 1. The van der Waals surface area contributed by atoms with Gasteiger partial charge in [0.15, 0.2) is 5.82 Å². The number of hydrogen-bond acceptors (Lipinski definition) is 5. The van der Waals surface area contributed by atoms with E-state index in [0.717, 1.165) is 28.1 Å². The van der Waals surface area contributed by atoms with Gasteiger partial charge in [-0.05, 0) is 56.5 Å². The third kappa shape index (κ3) is 4.99. The van der Waals surface area contributed by atoms with Crippen molar-refractivity contribution in [2.45, 2.75) is 39.8 Å². The lowest BCUT2D eigenvalue weighted by Gasteiger charge is -2.32. The molecule has 1 amide bonds. The zero-order valence-corrected chi connectivity index (χ0v) is 20.2. The van der Waals surface area contributed by atoms with Crippen LogP contribution in [0.4, 0.5) is 5.82 Å². The van der Waals surface area contributed by atoms with Gasteiger partial charge in [-0.2, -0.15) is 0 Å². The summed E-state index contributed by atoms with van der Waals surface area (Å²) in [4.78, 5) is 33.1. The molecule has 1 N–H and O–H groups in total. The lowest BCUT2D eigenvalue weighted by molar-refractivity contribution is -0.125. The van der Waals surface area contributed by atoms with E-state index in [1.165, 1.54) is 5.56 Å². The third-order valence-electron chi connectivity index (χ3n) is 6.69. The second-order valence-electron chi connectivity index (χ2n) is 9.29. The summed E-state index contributed by atoms with van der Waals surface area (Å²) in [6, 6.07) is 19.8. The number of nitrogens with one attached hydrogen (secondary N) is 1. The molecule has 4 aromatic rings. The maximum Gasteiger partial charge on any atom is 0.294 e. The van der Waals surface area contributed by atoms with Crippen LogP contribution in [0.2, 0.25) is 0 Å². The van der Waals surface area contributed by atoms with Gasteiger partial charge in [0, 0.05) is 19.0 Å². The molecule has 0 bridgehead atoms. The number of carbonyl (C=O) groups is 1. The molecule has 0 spiro atoms. The highest BCUT2D eigenvalue weighted by molar-refractivity contribution is 5.79. The fraction of sp³-hybridized carbons (Fsp3) is 0.321. The van der Waals surface area contributed by atoms with Gasteiger partial charge in [0.1, 0.15) is 11.5 Å². The minimum atomic E-state index is -0.0969. The van der Waals surface area contributed by atoms with E-state index in [-0.39, 0.29) is 17.4 Å². The van der Waals surface area contributed by atoms with Crippen molar-refractivity contribution in [3.63, 3.8) is 0 Å². The first kappa shape index (κ1) is 22.9. The van der Waals surface area contributed by atoms with Gasteiger partial charge in [-0.25, -0.2) is 4.98 Å². The van der Waals surface area contributed by atoms with Gasteiger partial charge in [-0.3, -0.25) is 14.2 Å². The second-order valence-corrected chi connectivity index (χ2v) is 9.29. The molecular weight excluding hydrogens is 440 g/mol. The number of fused-ring (bicyclic) bond motifs is 1. The highest BCUT2D eigenvalue weighted by Gasteiger charge is 2.27. The molecular formula is C28H30N4O3. The summed E-state index contributed by atoms with van der Waals surface area (Å²) in [6.45, 7) is 6.05. The number of carbonyl (C=O) groups excluding carboxylic acids is 1. The number of rotatable bonds is 6. The van der Waals surface area contributed by atoms with Crippen molar-refractivity contribution >= 4 is 22.8 Å². The zero-order chi connectivity index (χ0) is 24.4. The highest BCUT2D eigenvalue weighted by atomic mass is 16.3. The molecule has 1 aliphatic heterocycles. The van der Waals surface area contributed by atoms with Crippen LogP contribution in [-0.4, -0.2) is 28.5 Å². The van der Waals surface area contributed by atoms with Crippen molar-refractivity contribution in [1.29, 1.82) is 0 Å². The van der Waals surface area contributed by atoms with Crippen molar-refractivity contribution in [3.05, 3.63) is 93.7 Å². The average molecular weight is 471 g/mol. The quantitative estimate of drug-likeness (QED) is 0.457. The van der Waals surface area contributed by atoms with Gasteiger partial charge in [0.25, 0.3) is 5.56 Å². The monoisotopic (exact) mass is 470 g/mol. The van der Waals surface area contributed by atoms with Crippen molar-refractivity contribution in [1.82, 2.24) is 14.9 Å². The molecule has 2 aromatic heterocycles. The molecule has 0 atom stereocenters. The summed E-state index contributed by atoms with van der Waals surface area (Å²) < 4.78 is 7.35. The number of anilines is 1. The third-order valence-corrected chi connectivity index (χ3v) is 6.69. The molecule has 7 nitrogen and oxygen atoms in total. The van der Waals surface area contributed by atoms with Gasteiger partial charge in [0.2, 0.25) is 5.91 Å². The van der Waals surface area contributed by atoms with Gasteiger partial charge >= 0.3 is 0 Å². The van der Waals surface area contributed by atoms with Crippen LogP contribution in [-0.2, 0) is 17.9 Å². The average Bonchev–Trinajstić information content (AvgIpc) is 3.30. The molecule has 0 radical (unpaired) electrons. The summed E-state index contributed by atoms with van der Waals surface area (Å²) in [6.07, 6.45) is 1.35. The minimum Gasteiger partial charge on any atom is -0.465 e. The smallest absolute Gasteiger partial charge is 0.294 e. The molecule has 7 heteroatoms. The Kier molecular flexibility index (Phi) is 6.40. The fourth-order valence-electron chi connectivity index (χ4n) is 4.67. The van der Waals surface area contributed by atoms with E-state index in [4.69, 9.17) is 9.40 Å². The van der Waals surface area contributed by atoms with Crippen LogP contribution in [0.5, 0.6) is 0 Å². The van der Waals surface area contributed by atoms with Gasteiger partial charge in [-0.1, -0.05) is 42.0 Å². The summed E-state index contributed by atoms with van der Waals surface area (Å²) >= 11 is 0. The van der Waals surface area contributed by atoms with Crippen molar-refractivity contribution in [2.75, 3.05) is 18.0 Å². The maximum absolute atomic E-state index is 13.6. The van der Waals surface area contributed by atoms with Crippen LogP contribution < -0.4 is 15.8 Å². The Hall–Kier alpha value is -3.87. The Morgan fingerprint density at radius 1 is 1.03 bits per heavy atom. The zero-order valence-electron chi connectivity index (χ0n) is 20.2. The largest absolute Gasteiger partial charge is 0.465 e. The highest BCUT2D eigenvalue weighted by Crippen LogP contribution is 2.23. The normalized spacial score (nSPS) is 14.4. The molecule has 1 fully saturated rings. The summed E-state index contributed by atoms with van der Waals surface area (Å²) in [5.74, 6) is 1.99. The van der Waals surface area contributed by atoms with Crippen LogP contribution in [0.1, 0.15) is 35.5 Å². The van der Waals surface area contributed by atoms with Crippen LogP contribution >= 0.6 is 0 Å². The molecule has 1 aliphatic rings. The number of hydrogen-bond donors (Lipinski definition) is 1. The molecule has 5 rings (SSSR count). The predicted octanol–water partition coefficient (Wildman–Crippen LogP) is 4.19. The molecule has 0 saturated carbocycles. The molecule has 0 aliphatic carbocycles. The summed E-state index contributed by atoms with van der Waals surface area (Å²) in [5, 5.41) is 2.98. The lowest BCUT2D eigenvalue weighted by atomic mass is 9.96. The Labute approximate surface area is 204 Å². The number of amides is 1.